The van der Waals surface area contributed by atoms with Crippen LogP contribution in [0.3, 0.4) is 0 Å². The van der Waals surface area contributed by atoms with Crippen molar-refractivity contribution in [1.29, 1.82) is 0 Å². The summed E-state index contributed by atoms with van der Waals surface area (Å²) in [5.74, 6) is 0.760. The highest BCUT2D eigenvalue weighted by Gasteiger charge is 2.22. The first-order chi connectivity index (χ1) is 13.6. The predicted molar refractivity (Wildman–Crippen MR) is 115 cm³/mol. The first kappa shape index (κ1) is 21.0. The van der Waals surface area contributed by atoms with Crippen molar-refractivity contribution < 1.29 is 4.79 Å². The minimum Gasteiger partial charge on any atom is -0.350 e. The number of likely N-dealkylation sites (tertiary alicyclic amines) is 1. The maximum absolute atomic E-state index is 12.7. The molecule has 8 heteroatoms. The van der Waals surface area contributed by atoms with E-state index < -0.39 is 0 Å². The van der Waals surface area contributed by atoms with E-state index in [1.165, 1.54) is 11.1 Å². The summed E-state index contributed by atoms with van der Waals surface area (Å²) in [5, 5.41) is 5.44. The Morgan fingerprint density at radius 3 is 2.96 bits per heavy atom. The summed E-state index contributed by atoms with van der Waals surface area (Å²) >= 11 is 7.99. The average Bonchev–Trinajstić information content (AvgIpc) is 3.21. The van der Waals surface area contributed by atoms with Crippen molar-refractivity contribution in [2.75, 3.05) is 37.6 Å². The quantitative estimate of drug-likeness (QED) is 0.704. The summed E-state index contributed by atoms with van der Waals surface area (Å²) in [6.07, 6.45) is 3.80. The molecule has 1 unspecified atom stereocenters. The Labute approximate surface area is 175 Å². The number of hydrogen-bond donors (Lipinski definition) is 1. The van der Waals surface area contributed by atoms with Gasteiger partial charge in [-0.1, -0.05) is 17.7 Å². The number of nitrogens with zero attached hydrogens (tertiary/aromatic N) is 4. The number of halogens is 1. The molecule has 1 aliphatic heterocycles. The van der Waals surface area contributed by atoms with Gasteiger partial charge in [0.2, 0.25) is 5.95 Å². The second-order valence-corrected chi connectivity index (χ2v) is 8.51. The van der Waals surface area contributed by atoms with Gasteiger partial charge in [0, 0.05) is 37.6 Å². The summed E-state index contributed by atoms with van der Waals surface area (Å²) in [4.78, 5) is 27.2. The third-order valence-corrected chi connectivity index (χ3v) is 6.24. The second-order valence-electron chi connectivity index (χ2n) is 7.07. The number of amides is 1. The van der Waals surface area contributed by atoms with Crippen LogP contribution in [0.1, 0.15) is 42.1 Å². The van der Waals surface area contributed by atoms with Crippen molar-refractivity contribution >= 4 is 34.8 Å². The van der Waals surface area contributed by atoms with Crippen LogP contribution in [0, 0.1) is 5.92 Å². The molecule has 3 heterocycles. The highest BCUT2D eigenvalue weighted by atomic mass is 35.5. The van der Waals surface area contributed by atoms with Crippen LogP contribution < -0.4 is 10.2 Å². The van der Waals surface area contributed by atoms with E-state index in [4.69, 9.17) is 11.6 Å². The van der Waals surface area contributed by atoms with Crippen molar-refractivity contribution in [3.05, 3.63) is 39.3 Å². The topological polar surface area (TPSA) is 61.4 Å². The van der Waals surface area contributed by atoms with Crippen molar-refractivity contribution in [2.45, 2.75) is 33.2 Å². The average molecular weight is 422 g/mol. The maximum Gasteiger partial charge on any atom is 0.271 e. The van der Waals surface area contributed by atoms with E-state index in [9.17, 15) is 4.79 Å². The molecule has 152 valence electrons. The highest BCUT2D eigenvalue weighted by Crippen LogP contribution is 2.21. The first-order valence-electron chi connectivity index (χ1n) is 9.91. The van der Waals surface area contributed by atoms with Crippen LogP contribution in [0.15, 0.2) is 23.7 Å². The van der Waals surface area contributed by atoms with Crippen LogP contribution in [-0.4, -0.2) is 53.5 Å². The third kappa shape index (κ3) is 5.43. The minimum atomic E-state index is -0.226. The van der Waals surface area contributed by atoms with E-state index in [0.717, 1.165) is 45.6 Å². The standard InChI is InChI=1S/C20H28ClN5OS/c1-3-26(4-2)20-23-12-17(21)18(24-20)19(27)22-11-15-7-5-9-25(13-15)14-16-8-6-10-28-16/h6,8,10,12,15H,3-5,7,9,11,13-14H2,1-2H3,(H,22,27). The lowest BCUT2D eigenvalue weighted by molar-refractivity contribution is 0.0926. The molecule has 0 aromatic carbocycles. The molecule has 0 spiro atoms. The fourth-order valence-corrected chi connectivity index (χ4v) is 4.50. The molecule has 0 aliphatic carbocycles. The lowest BCUT2D eigenvalue weighted by Gasteiger charge is -2.32. The van der Waals surface area contributed by atoms with Crippen LogP contribution in [0.25, 0.3) is 0 Å². The Kier molecular flexibility index (Phi) is 7.65. The molecule has 0 bridgehead atoms. The molecule has 0 radical (unpaired) electrons. The van der Waals surface area contributed by atoms with Gasteiger partial charge in [-0.3, -0.25) is 9.69 Å². The number of carbonyl (C=O) groups is 1. The van der Waals surface area contributed by atoms with Crippen molar-refractivity contribution in [3.63, 3.8) is 0 Å². The zero-order chi connectivity index (χ0) is 19.9. The molecule has 6 nitrogen and oxygen atoms in total. The molecular weight excluding hydrogens is 394 g/mol. The van der Waals surface area contributed by atoms with Gasteiger partial charge in [0.05, 0.1) is 11.2 Å². The zero-order valence-electron chi connectivity index (χ0n) is 16.5. The van der Waals surface area contributed by atoms with Crippen molar-refractivity contribution in [3.8, 4) is 0 Å². The van der Waals surface area contributed by atoms with Crippen LogP contribution in [0.4, 0.5) is 5.95 Å². The van der Waals surface area contributed by atoms with E-state index in [1.807, 2.05) is 18.7 Å². The molecule has 28 heavy (non-hydrogen) atoms. The number of hydrogen-bond acceptors (Lipinski definition) is 6. The molecule has 2 aromatic heterocycles. The molecule has 3 rings (SSSR count). The monoisotopic (exact) mass is 421 g/mol. The highest BCUT2D eigenvalue weighted by molar-refractivity contribution is 7.09. The van der Waals surface area contributed by atoms with E-state index in [0.29, 0.717) is 18.4 Å². The van der Waals surface area contributed by atoms with Crippen LogP contribution in [-0.2, 0) is 6.54 Å². The molecular formula is C20H28ClN5OS. The van der Waals surface area contributed by atoms with Gasteiger partial charge in [-0.15, -0.1) is 11.3 Å². The number of anilines is 1. The van der Waals surface area contributed by atoms with E-state index >= 15 is 0 Å². The molecule has 0 saturated carbocycles. The largest absolute Gasteiger partial charge is 0.350 e. The van der Waals surface area contributed by atoms with Gasteiger partial charge in [0.1, 0.15) is 0 Å². The van der Waals surface area contributed by atoms with Crippen molar-refractivity contribution in [1.82, 2.24) is 20.2 Å². The van der Waals surface area contributed by atoms with Crippen LogP contribution in [0.2, 0.25) is 5.02 Å². The molecule has 1 amide bonds. The molecule has 1 atom stereocenters. The van der Waals surface area contributed by atoms with Crippen LogP contribution >= 0.6 is 22.9 Å². The second kappa shape index (κ2) is 10.2. The lowest BCUT2D eigenvalue weighted by Crippen LogP contribution is -2.40. The number of piperidine rings is 1. The van der Waals surface area contributed by atoms with Crippen molar-refractivity contribution in [2.24, 2.45) is 5.92 Å². The third-order valence-electron chi connectivity index (χ3n) is 5.11. The fraction of sp³-hybridized carbons (Fsp3) is 0.550. The first-order valence-corrected chi connectivity index (χ1v) is 11.2. The summed E-state index contributed by atoms with van der Waals surface area (Å²) < 4.78 is 0. The molecule has 1 N–H and O–H groups in total. The Hall–Kier alpha value is -1.70. The van der Waals surface area contributed by atoms with Crippen LogP contribution in [0.5, 0.6) is 0 Å². The number of thiophene rings is 1. The summed E-state index contributed by atoms with van der Waals surface area (Å²) in [6, 6.07) is 4.28. The number of nitrogens with one attached hydrogen (secondary N) is 1. The number of rotatable bonds is 8. The SMILES string of the molecule is CCN(CC)c1ncc(Cl)c(C(=O)NCC2CCCN(Cc3cccs3)C2)n1. The summed E-state index contributed by atoms with van der Waals surface area (Å²) in [5.41, 5.74) is 0.254. The molecule has 2 aromatic rings. The summed E-state index contributed by atoms with van der Waals surface area (Å²) in [6.45, 7) is 9.38. The zero-order valence-corrected chi connectivity index (χ0v) is 18.1. The maximum atomic E-state index is 12.7. The number of carbonyl (C=O) groups excluding carboxylic acids is 1. The molecule has 1 aliphatic rings. The number of aromatic nitrogens is 2. The van der Waals surface area contributed by atoms with Gasteiger partial charge >= 0.3 is 0 Å². The molecule has 1 fully saturated rings. The molecule has 1 saturated heterocycles. The van der Waals surface area contributed by atoms with E-state index in [-0.39, 0.29) is 16.6 Å². The Balaban J connectivity index is 1.56. The van der Waals surface area contributed by atoms with Gasteiger partial charge in [-0.05, 0) is 50.6 Å². The Morgan fingerprint density at radius 1 is 1.43 bits per heavy atom. The Morgan fingerprint density at radius 2 is 2.25 bits per heavy atom. The lowest BCUT2D eigenvalue weighted by atomic mass is 9.98. The van der Waals surface area contributed by atoms with Gasteiger partial charge in [0.25, 0.3) is 5.91 Å². The van der Waals surface area contributed by atoms with Gasteiger partial charge in [-0.25, -0.2) is 9.97 Å². The smallest absolute Gasteiger partial charge is 0.271 e. The normalized spacial score (nSPS) is 17.5. The summed E-state index contributed by atoms with van der Waals surface area (Å²) in [7, 11) is 0. The minimum absolute atomic E-state index is 0.226. The van der Waals surface area contributed by atoms with Gasteiger partial charge in [0.15, 0.2) is 5.69 Å². The van der Waals surface area contributed by atoms with Gasteiger partial charge in [-0.2, -0.15) is 0 Å². The predicted octanol–water partition coefficient (Wildman–Crippen LogP) is 3.68. The van der Waals surface area contributed by atoms with E-state index in [2.05, 4.69) is 37.7 Å². The van der Waals surface area contributed by atoms with E-state index in [1.54, 1.807) is 11.3 Å². The Bertz CT molecular complexity index is 766. The van der Waals surface area contributed by atoms with Gasteiger partial charge < -0.3 is 10.2 Å². The fourth-order valence-electron chi connectivity index (χ4n) is 3.58.